The van der Waals surface area contributed by atoms with Crippen LogP contribution in [0.25, 0.3) is 10.9 Å². The fraction of sp³-hybridized carbons (Fsp3) is 0.500. The predicted octanol–water partition coefficient (Wildman–Crippen LogP) is 4.33. The monoisotopic (exact) mass is 287 g/mol. The summed E-state index contributed by atoms with van der Waals surface area (Å²) in [6.45, 7) is 5.54. The van der Waals surface area contributed by atoms with Crippen LogP contribution in [0.4, 0.5) is 0 Å². The number of aromatic nitrogens is 1. The van der Waals surface area contributed by atoms with E-state index in [-0.39, 0.29) is 5.97 Å². The first-order chi connectivity index (χ1) is 10.3. The Morgan fingerprint density at radius 1 is 1.14 bits per heavy atom. The smallest absolute Gasteiger partial charge is 0.305 e. The molecule has 0 N–H and O–H groups in total. The third-order valence-electron chi connectivity index (χ3n) is 3.84. The van der Waals surface area contributed by atoms with E-state index in [1.54, 1.807) is 0 Å². The van der Waals surface area contributed by atoms with Gasteiger partial charge in [-0.3, -0.25) is 4.79 Å². The lowest BCUT2D eigenvalue weighted by atomic mass is 10.1. The molecule has 0 aliphatic carbocycles. The van der Waals surface area contributed by atoms with Crippen LogP contribution in [0.3, 0.4) is 0 Å². The minimum absolute atomic E-state index is 0.0721. The number of carbonyl (C=O) groups excluding carboxylic acids is 1. The number of nitrogens with zero attached hydrogens (tertiary/aromatic N) is 1. The van der Waals surface area contributed by atoms with Crippen LogP contribution < -0.4 is 0 Å². The van der Waals surface area contributed by atoms with Gasteiger partial charge in [-0.2, -0.15) is 0 Å². The number of esters is 1. The van der Waals surface area contributed by atoms with Crippen molar-refractivity contribution in [2.45, 2.75) is 52.5 Å². The van der Waals surface area contributed by atoms with Crippen LogP contribution in [-0.2, 0) is 22.5 Å². The summed E-state index contributed by atoms with van der Waals surface area (Å²) in [5, 5.41) is 1.32. The molecule has 1 heterocycles. The third kappa shape index (κ3) is 4.10. The molecule has 0 spiro atoms. The maximum absolute atomic E-state index is 11.3. The van der Waals surface area contributed by atoms with Crippen LogP contribution in [0.2, 0.25) is 0 Å². The Bertz CT molecular complexity index is 586. The lowest BCUT2D eigenvalue weighted by molar-refractivity contribution is -0.143. The second kappa shape index (κ2) is 7.87. The number of aryl methyl sites for hydroxylation is 2. The molecule has 114 valence electrons. The Morgan fingerprint density at radius 3 is 2.76 bits per heavy atom. The van der Waals surface area contributed by atoms with Crippen molar-refractivity contribution in [1.82, 2.24) is 4.57 Å². The highest BCUT2D eigenvalue weighted by Gasteiger charge is 2.05. The minimum Gasteiger partial charge on any atom is -0.466 e. The van der Waals surface area contributed by atoms with Crippen molar-refractivity contribution in [1.29, 1.82) is 0 Å². The largest absolute Gasteiger partial charge is 0.466 e. The maximum Gasteiger partial charge on any atom is 0.305 e. The number of unbranched alkanes of at least 4 members (excludes halogenated alkanes) is 2. The lowest BCUT2D eigenvalue weighted by Gasteiger charge is -2.09. The number of hydrogen-bond donors (Lipinski definition) is 0. The Balaban J connectivity index is 1.85. The van der Waals surface area contributed by atoms with Gasteiger partial charge in [-0.15, -0.1) is 0 Å². The number of rotatable bonds is 8. The van der Waals surface area contributed by atoms with Crippen LogP contribution in [0.15, 0.2) is 30.5 Å². The van der Waals surface area contributed by atoms with E-state index in [0.29, 0.717) is 13.0 Å². The van der Waals surface area contributed by atoms with E-state index in [4.69, 9.17) is 4.74 Å². The molecule has 0 fully saturated rings. The van der Waals surface area contributed by atoms with Crippen molar-refractivity contribution < 1.29 is 9.53 Å². The third-order valence-corrected chi connectivity index (χ3v) is 3.84. The number of para-hydroxylation sites is 1. The Labute approximate surface area is 126 Å². The van der Waals surface area contributed by atoms with Gasteiger partial charge >= 0.3 is 5.97 Å². The highest BCUT2D eigenvalue weighted by Crippen LogP contribution is 2.21. The first-order valence-corrected chi connectivity index (χ1v) is 7.98. The number of carbonyl (C=O) groups is 1. The number of fused-ring (bicyclic) bond motifs is 1. The summed E-state index contributed by atoms with van der Waals surface area (Å²) in [4.78, 5) is 11.3. The molecule has 21 heavy (non-hydrogen) atoms. The lowest BCUT2D eigenvalue weighted by Crippen LogP contribution is -2.04. The molecule has 0 unspecified atom stereocenters. The van der Waals surface area contributed by atoms with Crippen LogP contribution >= 0.6 is 0 Å². The molecule has 0 saturated carbocycles. The molecule has 1 aromatic heterocycles. The zero-order valence-electron chi connectivity index (χ0n) is 13.1. The summed E-state index contributed by atoms with van der Waals surface area (Å²) < 4.78 is 7.28. The van der Waals surface area contributed by atoms with Crippen molar-refractivity contribution in [2.24, 2.45) is 0 Å². The average molecular weight is 287 g/mol. The molecule has 1 aromatic carbocycles. The van der Waals surface area contributed by atoms with E-state index in [0.717, 1.165) is 32.2 Å². The van der Waals surface area contributed by atoms with Gasteiger partial charge in [0.2, 0.25) is 0 Å². The summed E-state index contributed by atoms with van der Waals surface area (Å²) in [7, 11) is 0. The second-order valence-electron chi connectivity index (χ2n) is 5.33. The van der Waals surface area contributed by atoms with Gasteiger partial charge in [-0.25, -0.2) is 0 Å². The second-order valence-corrected chi connectivity index (χ2v) is 5.33. The van der Waals surface area contributed by atoms with Crippen LogP contribution in [0.1, 0.15) is 45.1 Å². The molecule has 0 bridgehead atoms. The van der Waals surface area contributed by atoms with E-state index >= 15 is 0 Å². The van der Waals surface area contributed by atoms with Gasteiger partial charge in [0.05, 0.1) is 12.1 Å². The van der Waals surface area contributed by atoms with Crippen LogP contribution in [0.5, 0.6) is 0 Å². The van der Waals surface area contributed by atoms with Crippen molar-refractivity contribution in [2.75, 3.05) is 6.61 Å². The Morgan fingerprint density at radius 2 is 2.00 bits per heavy atom. The Kier molecular flexibility index (Phi) is 5.85. The van der Waals surface area contributed by atoms with E-state index < -0.39 is 0 Å². The molecule has 0 atom stereocenters. The zero-order valence-corrected chi connectivity index (χ0v) is 13.1. The van der Waals surface area contributed by atoms with E-state index in [1.165, 1.54) is 16.5 Å². The molecule has 3 nitrogen and oxygen atoms in total. The van der Waals surface area contributed by atoms with E-state index in [9.17, 15) is 4.79 Å². The summed E-state index contributed by atoms with van der Waals surface area (Å²) in [5.74, 6) is -0.0721. The predicted molar refractivity (Wildman–Crippen MR) is 86.4 cm³/mol. The normalized spacial score (nSPS) is 11.0. The summed E-state index contributed by atoms with van der Waals surface area (Å²) in [5.41, 5.74) is 2.77. The molecule has 0 amide bonds. The quantitative estimate of drug-likeness (QED) is 0.534. The molecule has 3 heteroatoms. The molecule has 0 aliphatic rings. The van der Waals surface area contributed by atoms with Gasteiger partial charge in [0.15, 0.2) is 0 Å². The summed E-state index contributed by atoms with van der Waals surface area (Å²) in [6, 6.07) is 8.70. The van der Waals surface area contributed by atoms with Gasteiger partial charge in [0.1, 0.15) is 0 Å². The van der Waals surface area contributed by atoms with Crippen molar-refractivity contribution >= 4 is 16.9 Å². The molecular weight excluding hydrogens is 262 g/mol. The highest BCUT2D eigenvalue weighted by molar-refractivity contribution is 5.83. The molecule has 0 aliphatic heterocycles. The number of ether oxygens (including phenoxy) is 1. The fourth-order valence-corrected chi connectivity index (χ4v) is 2.77. The van der Waals surface area contributed by atoms with E-state index in [2.05, 4.69) is 42.0 Å². The molecule has 2 rings (SSSR count). The topological polar surface area (TPSA) is 31.2 Å². The maximum atomic E-state index is 11.3. The van der Waals surface area contributed by atoms with Crippen molar-refractivity contribution in [3.63, 3.8) is 0 Å². The standard InChI is InChI=1S/C18H25NO2/c1-3-15-9-8-10-16-12-14-19(18(15)16)13-7-5-6-11-17(20)21-4-2/h8-10,12,14H,3-7,11,13H2,1-2H3. The molecule has 0 saturated heterocycles. The van der Waals surface area contributed by atoms with Crippen molar-refractivity contribution in [3.8, 4) is 0 Å². The first kappa shape index (κ1) is 15.6. The number of benzene rings is 1. The summed E-state index contributed by atoms with van der Waals surface area (Å²) >= 11 is 0. The molecule has 0 radical (unpaired) electrons. The Hall–Kier alpha value is -1.77. The highest BCUT2D eigenvalue weighted by atomic mass is 16.5. The van der Waals surface area contributed by atoms with Gasteiger partial charge in [-0.05, 0) is 43.2 Å². The van der Waals surface area contributed by atoms with Crippen molar-refractivity contribution in [3.05, 3.63) is 36.0 Å². The molecular formula is C18H25NO2. The van der Waals surface area contributed by atoms with E-state index in [1.807, 2.05) is 6.92 Å². The van der Waals surface area contributed by atoms with Gasteiger partial charge < -0.3 is 9.30 Å². The van der Waals surface area contributed by atoms with Gasteiger partial charge in [0, 0.05) is 19.2 Å². The minimum atomic E-state index is -0.0721. The zero-order chi connectivity index (χ0) is 15.1. The summed E-state index contributed by atoms with van der Waals surface area (Å²) in [6.07, 6.45) is 6.85. The fourth-order valence-electron chi connectivity index (χ4n) is 2.77. The van der Waals surface area contributed by atoms with Gasteiger partial charge in [-0.1, -0.05) is 31.5 Å². The SMILES string of the molecule is CCOC(=O)CCCCCn1ccc2cccc(CC)c21. The van der Waals surface area contributed by atoms with Crippen LogP contribution in [0, 0.1) is 0 Å². The first-order valence-electron chi connectivity index (χ1n) is 7.98. The average Bonchev–Trinajstić information content (AvgIpc) is 2.90. The molecule has 2 aromatic rings. The van der Waals surface area contributed by atoms with Crippen LogP contribution in [-0.4, -0.2) is 17.1 Å². The van der Waals surface area contributed by atoms with Gasteiger partial charge in [0.25, 0.3) is 0 Å². The number of hydrogen-bond acceptors (Lipinski definition) is 2.